The van der Waals surface area contributed by atoms with Crippen molar-refractivity contribution >= 4 is 10.9 Å². The fraction of sp³-hybridized carbons (Fsp3) is 0.462. The largest absolute Gasteiger partial charge is 0.327 e. The molecule has 0 saturated carbocycles. The molecule has 3 nitrogen and oxygen atoms in total. The average molecular weight is 217 g/mol. The number of hydrogen-bond acceptors (Lipinski definition) is 2. The fourth-order valence-corrected chi connectivity index (χ4v) is 1.98. The third kappa shape index (κ3) is 1.95. The van der Waals surface area contributed by atoms with E-state index in [-0.39, 0.29) is 6.04 Å². The lowest BCUT2D eigenvalue weighted by Gasteiger charge is -2.05. The molecular formula is C13H19N3. The van der Waals surface area contributed by atoms with Crippen LogP contribution in [0.5, 0.6) is 0 Å². The van der Waals surface area contributed by atoms with Gasteiger partial charge in [0.2, 0.25) is 0 Å². The molecule has 2 rings (SSSR count). The van der Waals surface area contributed by atoms with Crippen molar-refractivity contribution in [1.82, 2.24) is 9.78 Å². The SMILES string of the molecule is CCC(N)Cc1nn(CC)c2ccccc12. The molecule has 0 saturated heterocycles. The van der Waals surface area contributed by atoms with Crippen LogP contribution in [0.1, 0.15) is 26.0 Å². The van der Waals surface area contributed by atoms with E-state index in [0.29, 0.717) is 0 Å². The maximum Gasteiger partial charge on any atom is 0.0718 e. The molecule has 1 aromatic carbocycles. The van der Waals surface area contributed by atoms with E-state index in [9.17, 15) is 0 Å². The summed E-state index contributed by atoms with van der Waals surface area (Å²) < 4.78 is 2.05. The van der Waals surface area contributed by atoms with E-state index < -0.39 is 0 Å². The number of aryl methyl sites for hydroxylation is 1. The van der Waals surface area contributed by atoms with Gasteiger partial charge >= 0.3 is 0 Å². The summed E-state index contributed by atoms with van der Waals surface area (Å²) >= 11 is 0. The van der Waals surface area contributed by atoms with Crippen LogP contribution in [0.4, 0.5) is 0 Å². The summed E-state index contributed by atoms with van der Waals surface area (Å²) in [7, 11) is 0. The summed E-state index contributed by atoms with van der Waals surface area (Å²) in [6.07, 6.45) is 1.86. The minimum absolute atomic E-state index is 0.212. The third-order valence-corrected chi connectivity index (χ3v) is 3.01. The summed E-state index contributed by atoms with van der Waals surface area (Å²) in [4.78, 5) is 0. The fourth-order valence-electron chi connectivity index (χ4n) is 1.98. The Labute approximate surface area is 96.2 Å². The first-order valence-electron chi connectivity index (χ1n) is 5.96. The molecule has 0 bridgehead atoms. The van der Waals surface area contributed by atoms with Crippen molar-refractivity contribution in [2.75, 3.05) is 0 Å². The Kier molecular flexibility index (Phi) is 3.25. The Morgan fingerprint density at radius 3 is 2.75 bits per heavy atom. The molecule has 1 atom stereocenters. The maximum absolute atomic E-state index is 6.00. The zero-order valence-corrected chi connectivity index (χ0v) is 9.98. The van der Waals surface area contributed by atoms with Gasteiger partial charge in [0, 0.05) is 24.4 Å². The van der Waals surface area contributed by atoms with Gasteiger partial charge in [-0.1, -0.05) is 25.1 Å². The molecule has 2 aromatic rings. The van der Waals surface area contributed by atoms with Gasteiger partial charge in [0.15, 0.2) is 0 Å². The molecule has 0 spiro atoms. The van der Waals surface area contributed by atoms with E-state index >= 15 is 0 Å². The number of rotatable bonds is 4. The van der Waals surface area contributed by atoms with Crippen molar-refractivity contribution in [3.05, 3.63) is 30.0 Å². The molecule has 0 radical (unpaired) electrons. The van der Waals surface area contributed by atoms with E-state index in [4.69, 9.17) is 5.73 Å². The smallest absolute Gasteiger partial charge is 0.0718 e. The van der Waals surface area contributed by atoms with Crippen molar-refractivity contribution in [3.8, 4) is 0 Å². The molecule has 1 unspecified atom stereocenters. The lowest BCUT2D eigenvalue weighted by molar-refractivity contribution is 0.612. The molecule has 3 heteroatoms. The lowest BCUT2D eigenvalue weighted by atomic mass is 10.1. The van der Waals surface area contributed by atoms with Crippen LogP contribution < -0.4 is 5.73 Å². The number of hydrogen-bond donors (Lipinski definition) is 1. The first-order valence-corrected chi connectivity index (χ1v) is 5.96. The van der Waals surface area contributed by atoms with Crippen molar-refractivity contribution in [2.45, 2.75) is 39.3 Å². The second-order valence-corrected chi connectivity index (χ2v) is 4.15. The minimum atomic E-state index is 0.212. The first kappa shape index (κ1) is 11.1. The highest BCUT2D eigenvalue weighted by atomic mass is 15.3. The summed E-state index contributed by atoms with van der Waals surface area (Å²) in [5, 5.41) is 5.88. The van der Waals surface area contributed by atoms with Crippen LogP contribution in [0.2, 0.25) is 0 Å². The molecule has 0 aliphatic carbocycles. The molecular weight excluding hydrogens is 198 g/mol. The van der Waals surface area contributed by atoms with Gasteiger partial charge in [-0.3, -0.25) is 4.68 Å². The number of fused-ring (bicyclic) bond motifs is 1. The van der Waals surface area contributed by atoms with Crippen molar-refractivity contribution in [3.63, 3.8) is 0 Å². The Balaban J connectivity index is 2.45. The molecule has 1 aromatic heterocycles. The molecule has 86 valence electrons. The molecule has 0 aliphatic heterocycles. The van der Waals surface area contributed by atoms with Crippen molar-refractivity contribution < 1.29 is 0 Å². The van der Waals surface area contributed by atoms with Crippen LogP contribution in [-0.2, 0) is 13.0 Å². The topological polar surface area (TPSA) is 43.8 Å². The van der Waals surface area contributed by atoms with Gasteiger partial charge in [-0.15, -0.1) is 0 Å². The molecule has 0 fully saturated rings. The van der Waals surface area contributed by atoms with E-state index in [1.807, 2.05) is 4.68 Å². The molecule has 0 aliphatic rings. The number of benzene rings is 1. The molecule has 2 N–H and O–H groups in total. The quantitative estimate of drug-likeness (QED) is 0.854. The average Bonchev–Trinajstić information content (AvgIpc) is 2.68. The van der Waals surface area contributed by atoms with E-state index in [2.05, 4.69) is 43.2 Å². The zero-order valence-electron chi connectivity index (χ0n) is 9.98. The number of nitrogens with zero attached hydrogens (tertiary/aromatic N) is 2. The second kappa shape index (κ2) is 4.66. The molecule has 0 amide bonds. The monoisotopic (exact) mass is 217 g/mol. The van der Waals surface area contributed by atoms with Crippen molar-refractivity contribution in [2.24, 2.45) is 5.73 Å². The highest BCUT2D eigenvalue weighted by molar-refractivity contribution is 5.82. The van der Waals surface area contributed by atoms with Crippen LogP contribution in [-0.4, -0.2) is 15.8 Å². The van der Waals surface area contributed by atoms with Gasteiger partial charge in [-0.05, 0) is 19.4 Å². The number of para-hydroxylation sites is 1. The zero-order chi connectivity index (χ0) is 11.5. The normalized spacial score (nSPS) is 13.2. The molecule has 16 heavy (non-hydrogen) atoms. The summed E-state index contributed by atoms with van der Waals surface area (Å²) in [6, 6.07) is 8.58. The van der Waals surface area contributed by atoms with E-state index in [0.717, 1.165) is 25.1 Å². The van der Waals surface area contributed by atoms with Gasteiger partial charge in [0.05, 0.1) is 11.2 Å². The highest BCUT2D eigenvalue weighted by Gasteiger charge is 2.11. The Hall–Kier alpha value is -1.35. The van der Waals surface area contributed by atoms with Gasteiger partial charge in [0.1, 0.15) is 0 Å². The van der Waals surface area contributed by atoms with Crippen molar-refractivity contribution in [1.29, 1.82) is 0 Å². The molecule has 1 heterocycles. The summed E-state index contributed by atoms with van der Waals surface area (Å²) in [5.74, 6) is 0. The standard InChI is InChI=1S/C13H19N3/c1-3-10(14)9-12-11-7-5-6-8-13(11)16(4-2)15-12/h5-8,10H,3-4,9,14H2,1-2H3. The number of aromatic nitrogens is 2. The Morgan fingerprint density at radius 2 is 2.06 bits per heavy atom. The lowest BCUT2D eigenvalue weighted by Crippen LogP contribution is -2.21. The second-order valence-electron chi connectivity index (χ2n) is 4.15. The minimum Gasteiger partial charge on any atom is -0.327 e. The third-order valence-electron chi connectivity index (χ3n) is 3.01. The van der Waals surface area contributed by atoms with Gasteiger partial charge in [0.25, 0.3) is 0 Å². The van der Waals surface area contributed by atoms with Crippen LogP contribution in [0.25, 0.3) is 10.9 Å². The Morgan fingerprint density at radius 1 is 1.31 bits per heavy atom. The van der Waals surface area contributed by atoms with Gasteiger partial charge < -0.3 is 5.73 Å². The van der Waals surface area contributed by atoms with Crippen LogP contribution in [0, 0.1) is 0 Å². The van der Waals surface area contributed by atoms with Gasteiger partial charge in [-0.25, -0.2) is 0 Å². The number of nitrogens with two attached hydrogens (primary N) is 1. The highest BCUT2D eigenvalue weighted by Crippen LogP contribution is 2.19. The van der Waals surface area contributed by atoms with Gasteiger partial charge in [-0.2, -0.15) is 5.10 Å². The Bertz CT molecular complexity index is 473. The predicted molar refractivity (Wildman–Crippen MR) is 67.4 cm³/mol. The van der Waals surface area contributed by atoms with E-state index in [1.165, 1.54) is 10.9 Å². The summed E-state index contributed by atoms with van der Waals surface area (Å²) in [6.45, 7) is 5.13. The maximum atomic E-state index is 6.00. The predicted octanol–water partition coefficient (Wildman–Crippen LogP) is 2.34. The van der Waals surface area contributed by atoms with Crippen LogP contribution >= 0.6 is 0 Å². The van der Waals surface area contributed by atoms with E-state index in [1.54, 1.807) is 0 Å². The summed E-state index contributed by atoms with van der Waals surface area (Å²) in [5.41, 5.74) is 8.34. The first-order chi connectivity index (χ1) is 7.76. The van der Waals surface area contributed by atoms with Crippen LogP contribution in [0.15, 0.2) is 24.3 Å². The van der Waals surface area contributed by atoms with Crippen LogP contribution in [0.3, 0.4) is 0 Å².